The van der Waals surface area contributed by atoms with Gasteiger partial charge in [-0.25, -0.2) is 0 Å². The molecule has 4 heteroatoms. The van der Waals surface area contributed by atoms with E-state index >= 15 is 0 Å². The lowest BCUT2D eigenvalue weighted by atomic mass is 10.2. The molecule has 2 rings (SSSR count). The van der Waals surface area contributed by atoms with Gasteiger partial charge in [0.1, 0.15) is 0 Å². The normalized spacial score (nSPS) is 10.2. The van der Waals surface area contributed by atoms with Crippen molar-refractivity contribution in [1.29, 1.82) is 0 Å². The Hall–Kier alpha value is -1.32. The van der Waals surface area contributed by atoms with Crippen molar-refractivity contribution in [3.63, 3.8) is 0 Å². The average Bonchev–Trinajstić information content (AvgIpc) is 2.63. The topological polar surface area (TPSA) is 29.1 Å². The minimum absolute atomic E-state index is 0.0193. The van der Waals surface area contributed by atoms with Crippen LogP contribution in [0.4, 0.5) is 5.69 Å². The highest BCUT2D eigenvalue weighted by molar-refractivity contribution is 7.16. The van der Waals surface area contributed by atoms with Gasteiger partial charge in [0, 0.05) is 10.6 Å². The first-order chi connectivity index (χ1) is 8.13. The Kier molecular flexibility index (Phi) is 3.82. The van der Waals surface area contributed by atoms with E-state index in [0.29, 0.717) is 10.8 Å². The van der Waals surface area contributed by atoms with E-state index in [-0.39, 0.29) is 5.91 Å². The van der Waals surface area contributed by atoms with Gasteiger partial charge in [-0.15, -0.1) is 11.3 Å². The number of nitrogens with one attached hydrogen (secondary N) is 1. The van der Waals surface area contributed by atoms with Gasteiger partial charge in [0.05, 0.1) is 10.8 Å². The summed E-state index contributed by atoms with van der Waals surface area (Å²) in [7, 11) is 0. The second kappa shape index (κ2) is 5.34. The summed E-state index contributed by atoms with van der Waals surface area (Å²) < 4.78 is 0.711. The smallest absolute Gasteiger partial charge is 0.229 e. The standard InChI is InChI=1S/C13H12ClNOS/c1-9-3-2-4-10(7-9)15-13(16)8-11-5-6-12(14)17-11/h2-7H,8H2,1H3,(H,15,16). The molecule has 88 valence electrons. The van der Waals surface area contributed by atoms with Gasteiger partial charge in [0.2, 0.25) is 5.91 Å². The van der Waals surface area contributed by atoms with Gasteiger partial charge < -0.3 is 5.32 Å². The molecule has 0 atom stereocenters. The number of halogens is 1. The van der Waals surface area contributed by atoms with Crippen molar-refractivity contribution < 1.29 is 4.79 Å². The second-order valence-corrected chi connectivity index (χ2v) is 5.60. The number of hydrogen-bond acceptors (Lipinski definition) is 2. The zero-order chi connectivity index (χ0) is 12.3. The number of carbonyl (C=O) groups is 1. The molecule has 0 saturated heterocycles. The van der Waals surface area contributed by atoms with Crippen LogP contribution in [-0.2, 0) is 11.2 Å². The van der Waals surface area contributed by atoms with Crippen LogP contribution in [0.5, 0.6) is 0 Å². The fourth-order valence-corrected chi connectivity index (χ4v) is 2.62. The van der Waals surface area contributed by atoms with Crippen LogP contribution in [-0.4, -0.2) is 5.91 Å². The van der Waals surface area contributed by atoms with Gasteiger partial charge in [-0.3, -0.25) is 4.79 Å². The van der Waals surface area contributed by atoms with Crippen LogP contribution in [0.25, 0.3) is 0 Å². The molecule has 0 radical (unpaired) electrons. The number of thiophene rings is 1. The van der Waals surface area contributed by atoms with Crippen molar-refractivity contribution in [1.82, 2.24) is 0 Å². The van der Waals surface area contributed by atoms with Gasteiger partial charge in [0.15, 0.2) is 0 Å². The minimum Gasteiger partial charge on any atom is -0.326 e. The lowest BCUT2D eigenvalue weighted by molar-refractivity contribution is -0.115. The molecule has 0 aliphatic heterocycles. The summed E-state index contributed by atoms with van der Waals surface area (Å²) in [6, 6.07) is 11.4. The summed E-state index contributed by atoms with van der Waals surface area (Å²) in [5.74, 6) is -0.0193. The van der Waals surface area contributed by atoms with Gasteiger partial charge in [0.25, 0.3) is 0 Å². The Balaban J connectivity index is 1.98. The van der Waals surface area contributed by atoms with Crippen LogP contribution < -0.4 is 5.32 Å². The molecule has 1 amide bonds. The van der Waals surface area contributed by atoms with E-state index in [2.05, 4.69) is 5.32 Å². The quantitative estimate of drug-likeness (QED) is 0.896. The average molecular weight is 266 g/mol. The zero-order valence-corrected chi connectivity index (χ0v) is 10.9. The van der Waals surface area contributed by atoms with Gasteiger partial charge in [-0.05, 0) is 36.8 Å². The molecule has 0 saturated carbocycles. The van der Waals surface area contributed by atoms with Crippen LogP contribution in [0.1, 0.15) is 10.4 Å². The van der Waals surface area contributed by atoms with E-state index in [1.165, 1.54) is 11.3 Å². The van der Waals surface area contributed by atoms with E-state index < -0.39 is 0 Å². The number of carbonyl (C=O) groups excluding carboxylic acids is 1. The monoisotopic (exact) mass is 265 g/mol. The molecular weight excluding hydrogens is 254 g/mol. The molecule has 0 bridgehead atoms. The largest absolute Gasteiger partial charge is 0.326 e. The predicted molar refractivity (Wildman–Crippen MR) is 72.8 cm³/mol. The first-order valence-corrected chi connectivity index (χ1v) is 6.43. The van der Waals surface area contributed by atoms with Crippen molar-refractivity contribution in [3.8, 4) is 0 Å². The Morgan fingerprint density at radius 1 is 1.35 bits per heavy atom. The molecular formula is C13H12ClNOS. The number of hydrogen-bond donors (Lipinski definition) is 1. The summed E-state index contributed by atoms with van der Waals surface area (Å²) in [6.07, 6.45) is 0.366. The van der Waals surface area contributed by atoms with E-state index in [9.17, 15) is 4.79 Å². The van der Waals surface area contributed by atoms with Crippen molar-refractivity contribution in [2.75, 3.05) is 5.32 Å². The molecule has 1 aromatic heterocycles. The fraction of sp³-hybridized carbons (Fsp3) is 0.154. The summed E-state index contributed by atoms with van der Waals surface area (Å²) in [6.45, 7) is 1.99. The molecule has 2 aromatic rings. The van der Waals surface area contributed by atoms with E-state index in [1.54, 1.807) is 0 Å². The molecule has 1 aromatic carbocycles. The second-order valence-electron chi connectivity index (χ2n) is 3.80. The maximum Gasteiger partial charge on any atom is 0.229 e. The van der Waals surface area contributed by atoms with Crippen LogP contribution in [0.2, 0.25) is 4.34 Å². The van der Waals surface area contributed by atoms with E-state index in [0.717, 1.165) is 16.1 Å². The first kappa shape index (κ1) is 12.1. The molecule has 1 N–H and O–H groups in total. The predicted octanol–water partition coefficient (Wildman–Crippen LogP) is 3.89. The highest BCUT2D eigenvalue weighted by Crippen LogP contribution is 2.22. The SMILES string of the molecule is Cc1cccc(NC(=O)Cc2ccc(Cl)s2)c1. The van der Waals surface area contributed by atoms with Gasteiger partial charge >= 0.3 is 0 Å². The van der Waals surface area contributed by atoms with Gasteiger partial charge in [-0.1, -0.05) is 23.7 Å². The summed E-state index contributed by atoms with van der Waals surface area (Å²) in [5.41, 5.74) is 1.96. The Labute approximate surface area is 109 Å². The lowest BCUT2D eigenvalue weighted by Crippen LogP contribution is -2.13. The third-order valence-corrected chi connectivity index (χ3v) is 3.50. The Morgan fingerprint density at radius 3 is 2.82 bits per heavy atom. The van der Waals surface area contributed by atoms with Crippen molar-refractivity contribution >= 4 is 34.5 Å². The maximum absolute atomic E-state index is 11.8. The van der Waals surface area contributed by atoms with E-state index in [1.807, 2.05) is 43.3 Å². The molecule has 0 unspecified atom stereocenters. The highest BCUT2D eigenvalue weighted by Gasteiger charge is 2.06. The highest BCUT2D eigenvalue weighted by atomic mass is 35.5. The molecule has 17 heavy (non-hydrogen) atoms. The van der Waals surface area contributed by atoms with Crippen molar-refractivity contribution in [2.24, 2.45) is 0 Å². The van der Waals surface area contributed by atoms with Crippen LogP contribution >= 0.6 is 22.9 Å². The fourth-order valence-electron chi connectivity index (χ4n) is 1.53. The van der Waals surface area contributed by atoms with Crippen molar-refractivity contribution in [3.05, 3.63) is 51.2 Å². The number of anilines is 1. The Morgan fingerprint density at radius 2 is 2.18 bits per heavy atom. The summed E-state index contributed by atoms with van der Waals surface area (Å²) >= 11 is 7.25. The molecule has 0 fully saturated rings. The zero-order valence-electron chi connectivity index (χ0n) is 9.37. The Bertz CT molecular complexity index is 536. The lowest BCUT2D eigenvalue weighted by Gasteiger charge is -2.04. The summed E-state index contributed by atoms with van der Waals surface area (Å²) in [4.78, 5) is 12.7. The number of benzene rings is 1. The van der Waals surface area contributed by atoms with Gasteiger partial charge in [-0.2, -0.15) is 0 Å². The third kappa shape index (κ3) is 3.58. The molecule has 2 nitrogen and oxygen atoms in total. The maximum atomic E-state index is 11.8. The molecule has 0 spiro atoms. The van der Waals surface area contributed by atoms with Crippen LogP contribution in [0, 0.1) is 6.92 Å². The third-order valence-electron chi connectivity index (χ3n) is 2.27. The number of aryl methyl sites for hydroxylation is 1. The number of amides is 1. The molecule has 0 aliphatic carbocycles. The van der Waals surface area contributed by atoms with E-state index in [4.69, 9.17) is 11.6 Å². The summed E-state index contributed by atoms with van der Waals surface area (Å²) in [5, 5.41) is 2.87. The first-order valence-electron chi connectivity index (χ1n) is 5.24. The number of rotatable bonds is 3. The molecule has 1 heterocycles. The van der Waals surface area contributed by atoms with Crippen molar-refractivity contribution in [2.45, 2.75) is 13.3 Å². The van der Waals surface area contributed by atoms with Crippen LogP contribution in [0.3, 0.4) is 0 Å². The minimum atomic E-state index is -0.0193. The molecule has 0 aliphatic rings. The van der Waals surface area contributed by atoms with Crippen LogP contribution in [0.15, 0.2) is 36.4 Å².